The van der Waals surface area contributed by atoms with E-state index in [-0.39, 0.29) is 0 Å². The minimum absolute atomic E-state index is 0.805. The van der Waals surface area contributed by atoms with Gasteiger partial charge in [0.05, 0.1) is 7.11 Å². The van der Waals surface area contributed by atoms with Gasteiger partial charge < -0.3 is 4.74 Å². The van der Waals surface area contributed by atoms with Crippen LogP contribution in [0.4, 0.5) is 5.69 Å². The standard InChI is InChI=1S/C13H17NO/c1-10(2)9-11(3)14-12-7-5-6-8-13(12)15-4/h5-9H,1-4H3. The van der Waals surface area contributed by atoms with E-state index in [0.29, 0.717) is 0 Å². The van der Waals surface area contributed by atoms with Gasteiger partial charge >= 0.3 is 0 Å². The van der Waals surface area contributed by atoms with Gasteiger partial charge in [-0.05, 0) is 39.0 Å². The smallest absolute Gasteiger partial charge is 0.144 e. The minimum atomic E-state index is 0.805. The monoisotopic (exact) mass is 203 g/mol. The van der Waals surface area contributed by atoms with Crippen LogP contribution in [0.2, 0.25) is 0 Å². The molecule has 1 rings (SSSR count). The molecule has 0 amide bonds. The van der Waals surface area contributed by atoms with E-state index in [1.165, 1.54) is 5.57 Å². The number of rotatable bonds is 3. The highest BCUT2D eigenvalue weighted by Crippen LogP contribution is 2.26. The molecule has 0 bridgehead atoms. The van der Waals surface area contributed by atoms with E-state index in [1.54, 1.807) is 7.11 Å². The Morgan fingerprint density at radius 2 is 1.87 bits per heavy atom. The summed E-state index contributed by atoms with van der Waals surface area (Å²) < 4.78 is 5.22. The number of para-hydroxylation sites is 2. The fourth-order valence-corrected chi connectivity index (χ4v) is 1.36. The normalized spacial score (nSPS) is 11.1. The summed E-state index contributed by atoms with van der Waals surface area (Å²) in [6.07, 6.45) is 2.05. The lowest BCUT2D eigenvalue weighted by molar-refractivity contribution is 0.416. The van der Waals surface area contributed by atoms with Gasteiger partial charge in [0.1, 0.15) is 11.4 Å². The van der Waals surface area contributed by atoms with Crippen molar-refractivity contribution in [2.45, 2.75) is 20.8 Å². The Kier molecular flexibility index (Phi) is 4.10. The summed E-state index contributed by atoms with van der Waals surface area (Å²) >= 11 is 0. The number of hydrogen-bond donors (Lipinski definition) is 0. The van der Waals surface area contributed by atoms with Gasteiger partial charge in [-0.15, -0.1) is 0 Å². The lowest BCUT2D eigenvalue weighted by Gasteiger charge is -2.03. The molecule has 0 aliphatic heterocycles. The van der Waals surface area contributed by atoms with E-state index in [9.17, 15) is 0 Å². The molecule has 0 N–H and O–H groups in total. The van der Waals surface area contributed by atoms with E-state index in [1.807, 2.05) is 37.3 Å². The molecule has 0 aliphatic carbocycles. The highest BCUT2D eigenvalue weighted by atomic mass is 16.5. The Hall–Kier alpha value is -1.57. The second kappa shape index (κ2) is 5.35. The largest absolute Gasteiger partial charge is 0.494 e. The van der Waals surface area contributed by atoms with E-state index >= 15 is 0 Å². The molecule has 1 aromatic carbocycles. The molecule has 1 aromatic rings. The van der Waals surface area contributed by atoms with Crippen molar-refractivity contribution >= 4 is 11.4 Å². The Balaban J connectivity index is 3.02. The van der Waals surface area contributed by atoms with Crippen LogP contribution in [0.1, 0.15) is 20.8 Å². The summed E-state index contributed by atoms with van der Waals surface area (Å²) in [5.74, 6) is 0.805. The fourth-order valence-electron chi connectivity index (χ4n) is 1.36. The molecular formula is C13H17NO. The summed E-state index contributed by atoms with van der Waals surface area (Å²) in [5, 5.41) is 0. The number of methoxy groups -OCH3 is 1. The van der Waals surface area contributed by atoms with Crippen molar-refractivity contribution in [3.63, 3.8) is 0 Å². The summed E-state index contributed by atoms with van der Waals surface area (Å²) in [6.45, 7) is 6.10. The first kappa shape index (κ1) is 11.5. The van der Waals surface area contributed by atoms with Crippen LogP contribution in [0.5, 0.6) is 5.75 Å². The molecule has 0 saturated carbocycles. The van der Waals surface area contributed by atoms with E-state index < -0.39 is 0 Å². The van der Waals surface area contributed by atoms with Crippen LogP contribution in [0.25, 0.3) is 0 Å². The van der Waals surface area contributed by atoms with Crippen molar-refractivity contribution in [1.82, 2.24) is 0 Å². The molecule has 0 radical (unpaired) electrons. The Morgan fingerprint density at radius 1 is 1.20 bits per heavy atom. The van der Waals surface area contributed by atoms with E-state index in [2.05, 4.69) is 18.8 Å². The molecule has 80 valence electrons. The first-order valence-corrected chi connectivity index (χ1v) is 4.96. The van der Waals surface area contributed by atoms with Gasteiger partial charge in [-0.1, -0.05) is 17.7 Å². The molecule has 0 unspecified atom stereocenters. The van der Waals surface area contributed by atoms with Crippen LogP contribution in [0.15, 0.2) is 40.9 Å². The molecule has 15 heavy (non-hydrogen) atoms. The van der Waals surface area contributed by atoms with Crippen LogP contribution in [-0.4, -0.2) is 12.8 Å². The molecule has 0 fully saturated rings. The van der Waals surface area contributed by atoms with Gasteiger partial charge in [-0.25, -0.2) is 4.99 Å². The predicted octanol–water partition coefficient (Wildman–Crippen LogP) is 3.75. The van der Waals surface area contributed by atoms with Gasteiger partial charge in [0, 0.05) is 5.71 Å². The quantitative estimate of drug-likeness (QED) is 0.685. The van der Waals surface area contributed by atoms with Crippen LogP contribution in [0, 0.1) is 0 Å². The van der Waals surface area contributed by atoms with Crippen molar-refractivity contribution < 1.29 is 4.74 Å². The number of nitrogens with zero attached hydrogens (tertiary/aromatic N) is 1. The topological polar surface area (TPSA) is 21.6 Å². The maximum Gasteiger partial charge on any atom is 0.144 e. The summed E-state index contributed by atoms with van der Waals surface area (Å²) in [7, 11) is 1.66. The zero-order valence-corrected chi connectivity index (χ0v) is 9.74. The minimum Gasteiger partial charge on any atom is -0.494 e. The fraction of sp³-hybridized carbons (Fsp3) is 0.308. The number of hydrogen-bond acceptors (Lipinski definition) is 2. The van der Waals surface area contributed by atoms with Gasteiger partial charge in [0.2, 0.25) is 0 Å². The maximum atomic E-state index is 5.22. The molecule has 0 aromatic heterocycles. The van der Waals surface area contributed by atoms with Crippen LogP contribution in [0.3, 0.4) is 0 Å². The second-order valence-corrected chi connectivity index (χ2v) is 3.65. The molecular weight excluding hydrogens is 186 g/mol. The average Bonchev–Trinajstić information content (AvgIpc) is 2.17. The zero-order valence-electron chi connectivity index (χ0n) is 9.74. The molecule has 2 nitrogen and oxygen atoms in total. The average molecular weight is 203 g/mol. The molecule has 0 heterocycles. The summed E-state index contributed by atoms with van der Waals surface area (Å²) in [4.78, 5) is 4.49. The van der Waals surface area contributed by atoms with Gasteiger partial charge in [0.25, 0.3) is 0 Å². The van der Waals surface area contributed by atoms with Crippen molar-refractivity contribution in [3.05, 3.63) is 35.9 Å². The predicted molar refractivity (Wildman–Crippen MR) is 65.2 cm³/mol. The van der Waals surface area contributed by atoms with Crippen LogP contribution in [-0.2, 0) is 0 Å². The van der Waals surface area contributed by atoms with Crippen molar-refractivity contribution in [1.29, 1.82) is 0 Å². The second-order valence-electron chi connectivity index (χ2n) is 3.65. The molecule has 0 spiro atoms. The molecule has 2 heteroatoms. The zero-order chi connectivity index (χ0) is 11.3. The molecule has 0 atom stereocenters. The Bertz CT molecular complexity index is 387. The molecule has 0 aliphatic rings. The number of ether oxygens (including phenoxy) is 1. The third-order valence-electron chi connectivity index (χ3n) is 1.88. The van der Waals surface area contributed by atoms with E-state index in [0.717, 1.165) is 17.1 Å². The Morgan fingerprint density at radius 3 is 2.47 bits per heavy atom. The van der Waals surface area contributed by atoms with Crippen LogP contribution >= 0.6 is 0 Å². The maximum absolute atomic E-state index is 5.22. The van der Waals surface area contributed by atoms with Gasteiger partial charge in [-0.3, -0.25) is 0 Å². The van der Waals surface area contributed by atoms with Gasteiger partial charge in [-0.2, -0.15) is 0 Å². The van der Waals surface area contributed by atoms with Crippen molar-refractivity contribution in [2.24, 2.45) is 4.99 Å². The van der Waals surface area contributed by atoms with Crippen LogP contribution < -0.4 is 4.74 Å². The lowest BCUT2D eigenvalue weighted by Crippen LogP contribution is -1.87. The number of aliphatic imine (C=N–C) groups is 1. The van der Waals surface area contributed by atoms with Gasteiger partial charge in [0.15, 0.2) is 0 Å². The van der Waals surface area contributed by atoms with E-state index in [4.69, 9.17) is 4.74 Å². The number of allylic oxidation sites excluding steroid dienone is 2. The first-order valence-electron chi connectivity index (χ1n) is 4.96. The highest BCUT2D eigenvalue weighted by molar-refractivity contribution is 5.95. The van der Waals surface area contributed by atoms with Crippen molar-refractivity contribution in [2.75, 3.05) is 7.11 Å². The summed E-state index contributed by atoms with van der Waals surface area (Å²) in [6, 6.07) is 7.75. The third kappa shape index (κ3) is 3.58. The highest BCUT2D eigenvalue weighted by Gasteiger charge is 1.98. The Labute approximate surface area is 91.3 Å². The number of benzene rings is 1. The SMILES string of the molecule is COc1ccccc1N=C(C)C=C(C)C. The summed E-state index contributed by atoms with van der Waals surface area (Å²) in [5.41, 5.74) is 3.10. The first-order chi connectivity index (χ1) is 7.13. The van der Waals surface area contributed by atoms with Crippen molar-refractivity contribution in [3.8, 4) is 5.75 Å². The molecule has 0 saturated heterocycles. The lowest BCUT2D eigenvalue weighted by atomic mass is 10.2. The third-order valence-corrected chi connectivity index (χ3v) is 1.88.